The quantitative estimate of drug-likeness (QED) is 0.793. The molecule has 0 saturated carbocycles. The van der Waals surface area contributed by atoms with Gasteiger partial charge in [-0.15, -0.1) is 0 Å². The Kier molecular flexibility index (Phi) is 4.63. The maximum atomic E-state index is 4.56. The number of aromatic nitrogens is 2. The SMILES string of the molecule is C[N+](C)(C)Cc1ccc(-c2ccc(C[N+](C)(C)C)cn2)nc1. The Bertz CT molecular complexity index is 544. The molecular formula is C18H28N4+2. The highest BCUT2D eigenvalue weighted by Crippen LogP contribution is 2.17. The predicted octanol–water partition coefficient (Wildman–Crippen LogP) is 2.56. The number of nitrogens with zero attached hydrogens (tertiary/aromatic N) is 4. The van der Waals surface area contributed by atoms with Crippen LogP contribution in [-0.4, -0.2) is 61.2 Å². The average molecular weight is 300 g/mol. The molecule has 4 nitrogen and oxygen atoms in total. The molecule has 2 aromatic heterocycles. The van der Waals surface area contributed by atoms with Crippen molar-refractivity contribution in [3.8, 4) is 11.4 Å². The minimum absolute atomic E-state index is 0.902. The summed E-state index contributed by atoms with van der Waals surface area (Å²) in [4.78, 5) is 9.12. The van der Waals surface area contributed by atoms with Gasteiger partial charge in [-0.3, -0.25) is 9.97 Å². The molecule has 0 aromatic carbocycles. The van der Waals surface area contributed by atoms with Gasteiger partial charge in [-0.2, -0.15) is 0 Å². The highest BCUT2D eigenvalue weighted by Gasteiger charge is 2.11. The molecule has 2 rings (SSSR count). The van der Waals surface area contributed by atoms with Gasteiger partial charge in [0.05, 0.1) is 53.7 Å². The van der Waals surface area contributed by atoms with Crippen molar-refractivity contribution in [1.82, 2.24) is 9.97 Å². The fraction of sp³-hybridized carbons (Fsp3) is 0.444. The van der Waals surface area contributed by atoms with E-state index in [2.05, 4.69) is 76.5 Å². The van der Waals surface area contributed by atoms with Gasteiger partial charge in [-0.1, -0.05) is 0 Å². The van der Waals surface area contributed by atoms with E-state index in [1.165, 1.54) is 11.1 Å². The number of hydrogen-bond acceptors (Lipinski definition) is 2. The minimum atomic E-state index is 0.902. The Morgan fingerprint density at radius 1 is 0.636 bits per heavy atom. The van der Waals surface area contributed by atoms with Crippen LogP contribution in [0.2, 0.25) is 0 Å². The molecule has 0 aliphatic carbocycles. The van der Waals surface area contributed by atoms with Gasteiger partial charge < -0.3 is 8.97 Å². The molecule has 0 unspecified atom stereocenters. The van der Waals surface area contributed by atoms with Gasteiger partial charge in [0.25, 0.3) is 0 Å². The second-order valence-electron chi connectivity index (χ2n) is 8.00. The van der Waals surface area contributed by atoms with Gasteiger partial charge in [-0.05, 0) is 24.3 Å². The van der Waals surface area contributed by atoms with Crippen LogP contribution in [0.25, 0.3) is 11.4 Å². The first-order chi connectivity index (χ1) is 10.1. The van der Waals surface area contributed by atoms with E-state index in [1.807, 2.05) is 12.4 Å². The maximum Gasteiger partial charge on any atom is 0.105 e. The van der Waals surface area contributed by atoms with Crippen LogP contribution in [0.3, 0.4) is 0 Å². The molecule has 4 heteroatoms. The lowest BCUT2D eigenvalue weighted by Gasteiger charge is -2.24. The first-order valence-corrected chi connectivity index (χ1v) is 7.64. The van der Waals surface area contributed by atoms with Crippen LogP contribution in [0, 0.1) is 0 Å². The van der Waals surface area contributed by atoms with Crippen molar-refractivity contribution in [1.29, 1.82) is 0 Å². The second kappa shape index (κ2) is 6.15. The molecule has 0 atom stereocenters. The molecule has 0 radical (unpaired) electrons. The van der Waals surface area contributed by atoms with E-state index in [9.17, 15) is 0 Å². The van der Waals surface area contributed by atoms with Crippen LogP contribution < -0.4 is 0 Å². The van der Waals surface area contributed by atoms with E-state index in [-0.39, 0.29) is 0 Å². The van der Waals surface area contributed by atoms with Crippen molar-refractivity contribution in [2.24, 2.45) is 0 Å². The third kappa shape index (κ3) is 5.20. The number of hydrogen-bond donors (Lipinski definition) is 0. The minimum Gasteiger partial charge on any atom is -0.327 e. The molecule has 0 bridgehead atoms. The van der Waals surface area contributed by atoms with Crippen LogP contribution in [0.4, 0.5) is 0 Å². The summed E-state index contributed by atoms with van der Waals surface area (Å²) in [6.45, 7) is 1.95. The van der Waals surface area contributed by atoms with Crippen LogP contribution in [0.5, 0.6) is 0 Å². The Morgan fingerprint density at radius 2 is 1.00 bits per heavy atom. The Labute approximate surface area is 134 Å². The van der Waals surface area contributed by atoms with Crippen LogP contribution in [0.15, 0.2) is 36.7 Å². The van der Waals surface area contributed by atoms with Gasteiger partial charge in [0, 0.05) is 23.5 Å². The van der Waals surface area contributed by atoms with E-state index in [0.717, 1.165) is 33.4 Å². The van der Waals surface area contributed by atoms with Gasteiger partial charge in [0.15, 0.2) is 0 Å². The summed E-state index contributed by atoms with van der Waals surface area (Å²) >= 11 is 0. The molecular weight excluding hydrogens is 272 g/mol. The smallest absolute Gasteiger partial charge is 0.105 e. The fourth-order valence-electron chi connectivity index (χ4n) is 2.43. The lowest BCUT2D eigenvalue weighted by molar-refractivity contribution is -0.884. The lowest BCUT2D eigenvalue weighted by atomic mass is 10.1. The van der Waals surface area contributed by atoms with Gasteiger partial charge in [0.1, 0.15) is 13.1 Å². The third-order valence-electron chi connectivity index (χ3n) is 3.23. The molecule has 0 N–H and O–H groups in total. The summed E-state index contributed by atoms with van der Waals surface area (Å²) in [5.74, 6) is 0. The van der Waals surface area contributed by atoms with Crippen molar-refractivity contribution in [2.45, 2.75) is 13.1 Å². The van der Waals surface area contributed by atoms with Crippen LogP contribution in [0.1, 0.15) is 11.1 Å². The Morgan fingerprint density at radius 3 is 1.23 bits per heavy atom. The number of pyridine rings is 2. The monoisotopic (exact) mass is 300 g/mol. The second-order valence-corrected chi connectivity index (χ2v) is 8.00. The van der Waals surface area contributed by atoms with E-state index in [1.54, 1.807) is 0 Å². The van der Waals surface area contributed by atoms with Crippen molar-refractivity contribution in [2.75, 3.05) is 42.3 Å². The number of quaternary nitrogens is 2. The fourth-order valence-corrected chi connectivity index (χ4v) is 2.43. The summed E-state index contributed by atoms with van der Waals surface area (Å²) in [5, 5.41) is 0. The summed E-state index contributed by atoms with van der Waals surface area (Å²) in [7, 11) is 13.1. The van der Waals surface area contributed by atoms with Crippen LogP contribution in [-0.2, 0) is 13.1 Å². The molecule has 22 heavy (non-hydrogen) atoms. The standard InChI is InChI=1S/C18H28N4/c1-21(2,3)13-15-7-9-17(19-11-15)18-10-8-16(12-20-18)14-22(4,5)6/h7-12H,13-14H2,1-6H3/q+2. The highest BCUT2D eigenvalue weighted by molar-refractivity contribution is 5.53. The Hall–Kier alpha value is -1.78. The zero-order chi connectivity index (χ0) is 16.4. The summed E-state index contributed by atoms with van der Waals surface area (Å²) in [6.07, 6.45) is 3.92. The average Bonchev–Trinajstić information content (AvgIpc) is 2.37. The first-order valence-electron chi connectivity index (χ1n) is 7.64. The molecule has 0 aliphatic heterocycles. The molecule has 118 valence electrons. The van der Waals surface area contributed by atoms with Crippen LogP contribution >= 0.6 is 0 Å². The highest BCUT2D eigenvalue weighted by atomic mass is 15.3. The molecule has 0 fully saturated rings. The first kappa shape index (κ1) is 16.6. The van der Waals surface area contributed by atoms with E-state index < -0.39 is 0 Å². The third-order valence-corrected chi connectivity index (χ3v) is 3.23. The zero-order valence-corrected chi connectivity index (χ0v) is 14.7. The van der Waals surface area contributed by atoms with E-state index in [4.69, 9.17) is 0 Å². The molecule has 0 aliphatic rings. The zero-order valence-electron chi connectivity index (χ0n) is 14.7. The molecule has 2 heterocycles. The van der Waals surface area contributed by atoms with Gasteiger partial charge in [0.2, 0.25) is 0 Å². The normalized spacial score (nSPS) is 12.5. The maximum absolute atomic E-state index is 4.56. The topological polar surface area (TPSA) is 25.8 Å². The summed E-state index contributed by atoms with van der Waals surface area (Å²) in [6, 6.07) is 8.42. The lowest BCUT2D eigenvalue weighted by Crippen LogP contribution is -2.33. The number of rotatable bonds is 5. The van der Waals surface area contributed by atoms with Crippen molar-refractivity contribution >= 4 is 0 Å². The van der Waals surface area contributed by atoms with Crippen molar-refractivity contribution < 1.29 is 8.97 Å². The van der Waals surface area contributed by atoms with E-state index in [0.29, 0.717) is 0 Å². The summed E-state index contributed by atoms with van der Waals surface area (Å²) in [5.41, 5.74) is 4.36. The molecule has 2 aromatic rings. The molecule has 0 saturated heterocycles. The Balaban J connectivity index is 2.12. The molecule has 0 amide bonds. The summed E-state index contributed by atoms with van der Waals surface area (Å²) < 4.78 is 1.80. The van der Waals surface area contributed by atoms with Gasteiger partial charge in [-0.25, -0.2) is 0 Å². The van der Waals surface area contributed by atoms with Crippen molar-refractivity contribution in [3.63, 3.8) is 0 Å². The predicted molar refractivity (Wildman–Crippen MR) is 90.9 cm³/mol. The van der Waals surface area contributed by atoms with E-state index >= 15 is 0 Å². The molecule has 0 spiro atoms. The largest absolute Gasteiger partial charge is 0.327 e. The van der Waals surface area contributed by atoms with Crippen molar-refractivity contribution in [3.05, 3.63) is 47.8 Å². The van der Waals surface area contributed by atoms with Gasteiger partial charge >= 0.3 is 0 Å².